The third-order valence-corrected chi connectivity index (χ3v) is 4.33. The molecule has 1 atom stereocenters. The number of tetrazole rings is 1. The van der Waals surface area contributed by atoms with Gasteiger partial charge in [-0.05, 0) is 47.8 Å². The van der Waals surface area contributed by atoms with E-state index in [2.05, 4.69) is 39.6 Å². The number of furan rings is 1. The van der Waals surface area contributed by atoms with Gasteiger partial charge in [0.2, 0.25) is 0 Å². The zero-order valence-corrected chi connectivity index (χ0v) is 14.9. The van der Waals surface area contributed by atoms with Crippen molar-refractivity contribution in [2.75, 3.05) is 19.6 Å². The minimum Gasteiger partial charge on any atom is -0.468 e. The Balaban J connectivity index is 1.77. The van der Waals surface area contributed by atoms with E-state index in [0.29, 0.717) is 17.8 Å². The minimum absolute atomic E-state index is 0.0239. The summed E-state index contributed by atoms with van der Waals surface area (Å²) < 4.78 is 7.05. The largest absolute Gasteiger partial charge is 0.468 e. The number of nitrogens with one attached hydrogen (secondary N) is 1. The molecule has 0 unspecified atom stereocenters. The molecule has 0 fully saturated rings. The summed E-state index contributed by atoms with van der Waals surface area (Å²) in [6.07, 6.45) is 3.12. The molecule has 0 spiro atoms. The van der Waals surface area contributed by atoms with Crippen LogP contribution in [0.2, 0.25) is 0 Å². The number of likely N-dealkylation sites (N-methyl/N-ethyl adjacent to an activating group) is 1. The van der Waals surface area contributed by atoms with Crippen molar-refractivity contribution in [3.8, 4) is 5.69 Å². The van der Waals surface area contributed by atoms with Crippen molar-refractivity contribution in [3.05, 3.63) is 60.3 Å². The highest BCUT2D eigenvalue weighted by Gasteiger charge is 2.22. The van der Waals surface area contributed by atoms with Gasteiger partial charge in [0, 0.05) is 6.54 Å². The predicted molar refractivity (Wildman–Crippen MR) is 95.9 cm³/mol. The van der Waals surface area contributed by atoms with Crippen LogP contribution in [0.1, 0.15) is 36.0 Å². The van der Waals surface area contributed by atoms with E-state index < -0.39 is 0 Å². The van der Waals surface area contributed by atoms with Crippen molar-refractivity contribution < 1.29 is 9.21 Å². The lowest BCUT2D eigenvalue weighted by Crippen LogP contribution is -2.38. The molecule has 3 rings (SSSR count). The topological polar surface area (TPSA) is 89.1 Å². The zero-order chi connectivity index (χ0) is 18.4. The molecule has 3 aromatic rings. The molecule has 0 aliphatic carbocycles. The van der Waals surface area contributed by atoms with E-state index in [-0.39, 0.29) is 11.9 Å². The molecule has 8 nitrogen and oxygen atoms in total. The van der Waals surface area contributed by atoms with Gasteiger partial charge in [-0.1, -0.05) is 26.0 Å². The van der Waals surface area contributed by atoms with E-state index in [1.807, 2.05) is 24.3 Å². The smallest absolute Gasteiger partial charge is 0.253 e. The van der Waals surface area contributed by atoms with Crippen LogP contribution in [0.3, 0.4) is 0 Å². The lowest BCUT2D eigenvalue weighted by molar-refractivity contribution is 0.0929. The quantitative estimate of drug-likeness (QED) is 0.666. The van der Waals surface area contributed by atoms with Gasteiger partial charge in [-0.2, -0.15) is 4.68 Å². The Bertz CT molecular complexity index is 812. The average molecular weight is 354 g/mol. The molecule has 26 heavy (non-hydrogen) atoms. The Labute approximate surface area is 151 Å². The molecule has 1 N–H and O–H groups in total. The molecule has 2 heterocycles. The number of amides is 1. The SMILES string of the molecule is CCN(CC)[C@H](CNC(=O)c1ccccc1-n1cnnn1)c1ccco1. The number of carbonyl (C=O) groups is 1. The number of rotatable bonds is 8. The van der Waals surface area contributed by atoms with Gasteiger partial charge in [-0.25, -0.2) is 0 Å². The first-order valence-electron chi connectivity index (χ1n) is 8.62. The number of hydrogen-bond acceptors (Lipinski definition) is 6. The molecule has 1 aromatic carbocycles. The third-order valence-electron chi connectivity index (χ3n) is 4.33. The van der Waals surface area contributed by atoms with E-state index in [0.717, 1.165) is 18.8 Å². The summed E-state index contributed by atoms with van der Waals surface area (Å²) in [5, 5.41) is 14.2. The summed E-state index contributed by atoms with van der Waals surface area (Å²) in [6.45, 7) is 6.35. The number of carbonyl (C=O) groups excluding carboxylic acids is 1. The monoisotopic (exact) mass is 354 g/mol. The van der Waals surface area contributed by atoms with Crippen molar-refractivity contribution in [3.63, 3.8) is 0 Å². The van der Waals surface area contributed by atoms with Crippen LogP contribution < -0.4 is 5.32 Å². The Kier molecular flexibility index (Phi) is 5.75. The fourth-order valence-electron chi connectivity index (χ4n) is 2.98. The molecule has 0 aliphatic heterocycles. The van der Waals surface area contributed by atoms with Crippen LogP contribution >= 0.6 is 0 Å². The summed E-state index contributed by atoms with van der Waals surface area (Å²) in [6, 6.07) is 11.0. The number of benzene rings is 1. The molecule has 0 bridgehead atoms. The standard InChI is InChI=1S/C18H22N6O2/c1-3-23(4-2)16(17-10-7-11-26-17)12-19-18(25)14-8-5-6-9-15(14)24-13-20-21-22-24/h5-11,13,16H,3-4,12H2,1-2H3,(H,19,25)/t16-/m1/s1. The van der Waals surface area contributed by atoms with Crippen LogP contribution in [0.15, 0.2) is 53.4 Å². The van der Waals surface area contributed by atoms with Crippen molar-refractivity contribution in [1.82, 2.24) is 30.4 Å². The normalized spacial score (nSPS) is 12.3. The summed E-state index contributed by atoms with van der Waals surface area (Å²) in [5.41, 5.74) is 1.14. The molecule has 0 radical (unpaired) electrons. The van der Waals surface area contributed by atoms with Gasteiger partial charge in [-0.3, -0.25) is 9.69 Å². The molecular formula is C18H22N6O2. The number of nitrogens with zero attached hydrogens (tertiary/aromatic N) is 5. The second-order valence-corrected chi connectivity index (χ2v) is 5.73. The highest BCUT2D eigenvalue weighted by molar-refractivity contribution is 5.97. The lowest BCUT2D eigenvalue weighted by atomic mass is 10.1. The fourth-order valence-corrected chi connectivity index (χ4v) is 2.98. The summed E-state index contributed by atoms with van der Waals surface area (Å²) >= 11 is 0. The van der Waals surface area contributed by atoms with E-state index in [9.17, 15) is 4.79 Å². The van der Waals surface area contributed by atoms with E-state index >= 15 is 0 Å². The second-order valence-electron chi connectivity index (χ2n) is 5.73. The third kappa shape index (κ3) is 3.80. The van der Waals surface area contributed by atoms with Gasteiger partial charge in [0.25, 0.3) is 5.91 Å². The maximum Gasteiger partial charge on any atom is 0.253 e. The number of aromatic nitrogens is 4. The van der Waals surface area contributed by atoms with Crippen LogP contribution in [0.4, 0.5) is 0 Å². The first kappa shape index (κ1) is 17.8. The molecule has 2 aromatic heterocycles. The lowest BCUT2D eigenvalue weighted by Gasteiger charge is -2.28. The molecule has 0 saturated carbocycles. The molecule has 0 saturated heterocycles. The van der Waals surface area contributed by atoms with Crippen molar-refractivity contribution in [2.45, 2.75) is 19.9 Å². The number of hydrogen-bond donors (Lipinski definition) is 1. The molecular weight excluding hydrogens is 332 g/mol. The Morgan fingerprint density at radius 3 is 2.69 bits per heavy atom. The minimum atomic E-state index is -0.181. The molecule has 0 aliphatic rings. The van der Waals surface area contributed by atoms with Crippen molar-refractivity contribution in [1.29, 1.82) is 0 Å². The highest BCUT2D eigenvalue weighted by atomic mass is 16.3. The van der Waals surface area contributed by atoms with E-state index in [1.54, 1.807) is 18.4 Å². The van der Waals surface area contributed by atoms with Crippen molar-refractivity contribution >= 4 is 5.91 Å². The van der Waals surface area contributed by atoms with E-state index in [1.165, 1.54) is 11.0 Å². The first-order valence-corrected chi connectivity index (χ1v) is 8.62. The summed E-state index contributed by atoms with van der Waals surface area (Å²) in [5.74, 6) is 0.655. The van der Waals surface area contributed by atoms with Gasteiger partial charge < -0.3 is 9.73 Å². The van der Waals surface area contributed by atoms with Gasteiger partial charge in [0.1, 0.15) is 12.1 Å². The van der Waals surface area contributed by atoms with Gasteiger partial charge in [0.15, 0.2) is 0 Å². The molecule has 136 valence electrons. The number of para-hydroxylation sites is 1. The van der Waals surface area contributed by atoms with Crippen LogP contribution in [0.25, 0.3) is 5.69 Å². The van der Waals surface area contributed by atoms with Crippen LogP contribution in [0, 0.1) is 0 Å². The summed E-state index contributed by atoms with van der Waals surface area (Å²) in [7, 11) is 0. The average Bonchev–Trinajstić information content (AvgIpc) is 3.39. The van der Waals surface area contributed by atoms with Gasteiger partial charge >= 0.3 is 0 Å². The van der Waals surface area contributed by atoms with Gasteiger partial charge in [0.05, 0.1) is 23.6 Å². The maximum atomic E-state index is 12.8. The van der Waals surface area contributed by atoms with E-state index in [4.69, 9.17) is 4.42 Å². The second kappa shape index (κ2) is 8.39. The molecule has 1 amide bonds. The first-order chi connectivity index (χ1) is 12.7. The fraction of sp³-hybridized carbons (Fsp3) is 0.333. The van der Waals surface area contributed by atoms with Crippen LogP contribution in [-0.4, -0.2) is 50.6 Å². The zero-order valence-electron chi connectivity index (χ0n) is 14.9. The van der Waals surface area contributed by atoms with Crippen LogP contribution in [0.5, 0.6) is 0 Å². The predicted octanol–water partition coefficient (Wildman–Crippen LogP) is 2.07. The maximum absolute atomic E-state index is 12.8. The highest BCUT2D eigenvalue weighted by Crippen LogP contribution is 2.21. The Morgan fingerprint density at radius 1 is 1.23 bits per heavy atom. The summed E-state index contributed by atoms with van der Waals surface area (Å²) in [4.78, 5) is 15.0. The Morgan fingerprint density at radius 2 is 2.04 bits per heavy atom. The Hall–Kier alpha value is -3.00. The van der Waals surface area contributed by atoms with Crippen LogP contribution in [-0.2, 0) is 0 Å². The van der Waals surface area contributed by atoms with Gasteiger partial charge in [-0.15, -0.1) is 5.10 Å². The van der Waals surface area contributed by atoms with Crippen molar-refractivity contribution in [2.24, 2.45) is 0 Å². The molecule has 8 heteroatoms.